The summed E-state index contributed by atoms with van der Waals surface area (Å²) in [4.78, 5) is 26.7. The maximum absolute atomic E-state index is 13.1. The van der Waals surface area contributed by atoms with Crippen LogP contribution in [0.15, 0.2) is 40.8 Å². The van der Waals surface area contributed by atoms with Gasteiger partial charge in [-0.1, -0.05) is 29.3 Å². The summed E-state index contributed by atoms with van der Waals surface area (Å²) >= 11 is 14.4. The SMILES string of the molecule is CC=NN(C(=O)c1ccc(C(=O)N(C)NC)s1)c1csc(-c2ccc(Cl)c(Cl)c2)c1O. The van der Waals surface area contributed by atoms with Gasteiger partial charge in [0.05, 0.1) is 24.7 Å². The van der Waals surface area contributed by atoms with E-state index in [1.807, 2.05) is 0 Å². The zero-order valence-corrected chi connectivity index (χ0v) is 19.9. The molecule has 2 N–H and O–H groups in total. The first-order valence-corrected chi connectivity index (χ1v) is 11.4. The Hall–Kier alpha value is -2.43. The highest BCUT2D eigenvalue weighted by Crippen LogP contribution is 2.45. The molecular formula is C20H18Cl2N4O3S2. The molecule has 0 atom stereocenters. The molecule has 3 aromatic rings. The second kappa shape index (κ2) is 9.80. The summed E-state index contributed by atoms with van der Waals surface area (Å²) < 4.78 is 0. The minimum atomic E-state index is -0.469. The Balaban J connectivity index is 1.95. The van der Waals surface area contributed by atoms with Crippen LogP contribution in [0.1, 0.15) is 26.3 Å². The number of anilines is 1. The number of nitrogens with zero attached hydrogens (tertiary/aromatic N) is 3. The molecule has 1 aromatic carbocycles. The van der Waals surface area contributed by atoms with Crippen LogP contribution < -0.4 is 10.4 Å². The molecule has 0 radical (unpaired) electrons. The molecule has 3 rings (SSSR count). The standard InChI is InChI=1S/C20H18Cl2N4O3S2/c1-4-24-26(20(29)16-8-7-15(31-16)19(28)25(3)23-2)14-10-30-18(17(14)27)11-5-6-12(21)13(22)9-11/h4-10,23,27H,1-3H3. The van der Waals surface area contributed by atoms with E-state index in [-0.39, 0.29) is 17.3 Å². The van der Waals surface area contributed by atoms with Crippen molar-refractivity contribution in [2.24, 2.45) is 5.10 Å². The summed E-state index contributed by atoms with van der Waals surface area (Å²) in [7, 11) is 3.21. The molecule has 0 bridgehead atoms. The Morgan fingerprint density at radius 2 is 1.81 bits per heavy atom. The molecule has 0 aliphatic carbocycles. The van der Waals surface area contributed by atoms with Crippen molar-refractivity contribution in [1.29, 1.82) is 0 Å². The van der Waals surface area contributed by atoms with Gasteiger partial charge in [0, 0.05) is 25.7 Å². The predicted molar refractivity (Wildman–Crippen MR) is 128 cm³/mol. The number of benzene rings is 1. The van der Waals surface area contributed by atoms with Crippen LogP contribution in [0.2, 0.25) is 10.0 Å². The van der Waals surface area contributed by atoms with E-state index in [0.29, 0.717) is 30.2 Å². The molecule has 162 valence electrons. The van der Waals surface area contributed by atoms with Gasteiger partial charge < -0.3 is 5.11 Å². The maximum Gasteiger partial charge on any atom is 0.288 e. The lowest BCUT2D eigenvalue weighted by Gasteiger charge is -2.15. The summed E-state index contributed by atoms with van der Waals surface area (Å²) in [5.74, 6) is -0.842. The van der Waals surface area contributed by atoms with E-state index < -0.39 is 5.91 Å². The van der Waals surface area contributed by atoms with Crippen LogP contribution in [0.3, 0.4) is 0 Å². The quantitative estimate of drug-likeness (QED) is 0.355. The maximum atomic E-state index is 13.1. The van der Waals surface area contributed by atoms with Crippen LogP contribution in [-0.4, -0.2) is 42.2 Å². The lowest BCUT2D eigenvalue weighted by Crippen LogP contribution is -2.36. The van der Waals surface area contributed by atoms with Gasteiger partial charge in [-0.05, 0) is 36.8 Å². The van der Waals surface area contributed by atoms with E-state index in [9.17, 15) is 14.7 Å². The second-order valence-electron chi connectivity index (χ2n) is 6.17. The molecule has 0 saturated carbocycles. The van der Waals surface area contributed by atoms with Crippen LogP contribution in [0.5, 0.6) is 5.75 Å². The fourth-order valence-electron chi connectivity index (χ4n) is 2.61. The van der Waals surface area contributed by atoms with Gasteiger partial charge in [-0.15, -0.1) is 22.7 Å². The molecule has 2 amide bonds. The van der Waals surface area contributed by atoms with E-state index in [0.717, 1.165) is 16.3 Å². The minimum Gasteiger partial charge on any atom is -0.504 e. The summed E-state index contributed by atoms with van der Waals surface area (Å²) in [5, 5.41) is 19.8. The van der Waals surface area contributed by atoms with E-state index >= 15 is 0 Å². The van der Waals surface area contributed by atoms with Crippen LogP contribution in [0.25, 0.3) is 10.4 Å². The Morgan fingerprint density at radius 1 is 1.13 bits per heavy atom. The number of carbonyl (C=O) groups excluding carboxylic acids is 2. The Labute approximate surface area is 197 Å². The van der Waals surface area contributed by atoms with E-state index in [1.54, 1.807) is 56.7 Å². The third-order valence-corrected chi connectivity index (χ3v) is 7.05. The first-order chi connectivity index (χ1) is 14.8. The van der Waals surface area contributed by atoms with Gasteiger partial charge in [0.1, 0.15) is 5.69 Å². The van der Waals surface area contributed by atoms with Crippen molar-refractivity contribution >= 4 is 69.6 Å². The molecule has 0 aliphatic heterocycles. The van der Waals surface area contributed by atoms with Gasteiger partial charge in [-0.25, -0.2) is 5.43 Å². The molecule has 7 nitrogen and oxygen atoms in total. The molecule has 11 heteroatoms. The molecular weight excluding hydrogens is 479 g/mol. The van der Waals surface area contributed by atoms with Crippen molar-refractivity contribution in [2.75, 3.05) is 19.1 Å². The first-order valence-electron chi connectivity index (χ1n) is 8.92. The number of hydrazone groups is 1. The van der Waals surface area contributed by atoms with Crippen molar-refractivity contribution < 1.29 is 14.7 Å². The molecule has 0 saturated heterocycles. The number of carbonyl (C=O) groups is 2. The molecule has 2 heterocycles. The Bertz CT molecular complexity index is 1160. The molecule has 0 spiro atoms. The molecule has 0 unspecified atom stereocenters. The molecule has 31 heavy (non-hydrogen) atoms. The number of hydrogen-bond donors (Lipinski definition) is 2. The van der Waals surface area contributed by atoms with Gasteiger partial charge in [0.25, 0.3) is 11.8 Å². The average Bonchev–Trinajstić information content (AvgIpc) is 3.40. The lowest BCUT2D eigenvalue weighted by molar-refractivity contribution is 0.0740. The van der Waals surface area contributed by atoms with Crippen molar-refractivity contribution in [3.63, 3.8) is 0 Å². The van der Waals surface area contributed by atoms with Gasteiger partial charge in [0.2, 0.25) is 0 Å². The number of halogens is 2. The van der Waals surface area contributed by atoms with Crippen molar-refractivity contribution in [3.8, 4) is 16.2 Å². The number of nitrogens with one attached hydrogen (secondary N) is 1. The van der Waals surface area contributed by atoms with Crippen LogP contribution in [0, 0.1) is 0 Å². The van der Waals surface area contributed by atoms with Crippen molar-refractivity contribution in [1.82, 2.24) is 10.4 Å². The number of hydrazine groups is 1. The van der Waals surface area contributed by atoms with E-state index in [1.165, 1.54) is 22.6 Å². The van der Waals surface area contributed by atoms with Crippen molar-refractivity contribution in [2.45, 2.75) is 6.92 Å². The van der Waals surface area contributed by atoms with Crippen LogP contribution in [0.4, 0.5) is 5.69 Å². The Kier molecular flexibility index (Phi) is 7.34. The van der Waals surface area contributed by atoms with E-state index in [4.69, 9.17) is 23.2 Å². The monoisotopic (exact) mass is 496 g/mol. The zero-order valence-electron chi connectivity index (χ0n) is 16.7. The number of amides is 2. The number of thiophene rings is 2. The summed E-state index contributed by atoms with van der Waals surface area (Å²) in [6.45, 7) is 1.66. The fourth-order valence-corrected chi connectivity index (χ4v) is 4.74. The third-order valence-electron chi connectivity index (χ3n) is 4.25. The smallest absolute Gasteiger partial charge is 0.288 e. The molecule has 0 fully saturated rings. The number of rotatable bonds is 6. The van der Waals surface area contributed by atoms with Gasteiger partial charge in [0.15, 0.2) is 5.75 Å². The fraction of sp³-hybridized carbons (Fsp3) is 0.150. The van der Waals surface area contributed by atoms with Crippen LogP contribution >= 0.6 is 45.9 Å². The summed E-state index contributed by atoms with van der Waals surface area (Å²) in [6, 6.07) is 8.15. The summed E-state index contributed by atoms with van der Waals surface area (Å²) in [5.41, 5.74) is 3.61. The lowest BCUT2D eigenvalue weighted by atomic mass is 10.1. The average molecular weight is 497 g/mol. The topological polar surface area (TPSA) is 85.2 Å². The minimum absolute atomic E-state index is 0.106. The van der Waals surface area contributed by atoms with Gasteiger partial charge >= 0.3 is 0 Å². The predicted octanol–water partition coefficient (Wildman–Crippen LogP) is 5.35. The Morgan fingerprint density at radius 3 is 2.42 bits per heavy atom. The van der Waals surface area contributed by atoms with Crippen LogP contribution in [-0.2, 0) is 0 Å². The third kappa shape index (κ3) is 4.76. The molecule has 0 aliphatic rings. The highest BCUT2D eigenvalue weighted by Gasteiger charge is 2.26. The number of hydrogen-bond acceptors (Lipinski definition) is 7. The van der Waals surface area contributed by atoms with Gasteiger partial charge in [-0.2, -0.15) is 10.1 Å². The largest absolute Gasteiger partial charge is 0.504 e. The summed E-state index contributed by atoms with van der Waals surface area (Å²) in [6.07, 6.45) is 1.45. The van der Waals surface area contributed by atoms with Gasteiger partial charge in [-0.3, -0.25) is 14.6 Å². The molecule has 2 aromatic heterocycles. The normalized spacial score (nSPS) is 11.1. The first kappa shape index (κ1) is 23.2. The highest BCUT2D eigenvalue weighted by molar-refractivity contribution is 7.16. The second-order valence-corrected chi connectivity index (χ2v) is 8.95. The van der Waals surface area contributed by atoms with Crippen molar-refractivity contribution in [3.05, 3.63) is 55.5 Å². The highest BCUT2D eigenvalue weighted by atomic mass is 35.5. The zero-order chi connectivity index (χ0) is 22.7. The van der Waals surface area contributed by atoms with E-state index in [2.05, 4.69) is 10.5 Å². The number of aromatic hydroxyl groups is 1.